The molecule has 1 aromatic carbocycles. The number of rotatable bonds is 6. The van der Waals surface area contributed by atoms with Crippen molar-refractivity contribution in [3.63, 3.8) is 0 Å². The summed E-state index contributed by atoms with van der Waals surface area (Å²) in [6, 6.07) is 9.44. The highest BCUT2D eigenvalue weighted by molar-refractivity contribution is 6.07. The normalized spacial score (nSPS) is 21.8. The highest BCUT2D eigenvalue weighted by Gasteiger charge is 2.27. The predicted octanol–water partition coefficient (Wildman–Crippen LogP) is 2.22. The molecule has 1 saturated carbocycles. The average molecular weight is 412 g/mol. The molecule has 4 rings (SSSR count). The van der Waals surface area contributed by atoms with Crippen LogP contribution in [0.2, 0.25) is 0 Å². The zero-order valence-corrected chi connectivity index (χ0v) is 16.9. The molecule has 0 bridgehead atoms. The van der Waals surface area contributed by atoms with Gasteiger partial charge in [-0.1, -0.05) is 18.2 Å². The summed E-state index contributed by atoms with van der Waals surface area (Å²) in [6.45, 7) is 2.19. The van der Waals surface area contributed by atoms with Gasteiger partial charge in [0.1, 0.15) is 5.82 Å². The van der Waals surface area contributed by atoms with E-state index < -0.39 is 6.09 Å². The molecule has 160 valence electrons. The van der Waals surface area contributed by atoms with E-state index >= 15 is 0 Å². The van der Waals surface area contributed by atoms with Gasteiger partial charge < -0.3 is 25.7 Å². The monoisotopic (exact) mass is 412 g/mol. The summed E-state index contributed by atoms with van der Waals surface area (Å²) in [4.78, 5) is 30.3. The zero-order chi connectivity index (χ0) is 21.1. The number of carbonyl (C=O) groups excluding carboxylic acids is 1. The number of β-amino-alcohol motifs (C(OH)–C–C–N with tert-alkyl or cyclic N) is 1. The summed E-state index contributed by atoms with van der Waals surface area (Å²) >= 11 is 0. The number of aromatic nitrogens is 1. The van der Waals surface area contributed by atoms with Crippen LogP contribution in [-0.2, 0) is 0 Å². The molecule has 1 aliphatic heterocycles. The lowest BCUT2D eigenvalue weighted by Gasteiger charge is -2.37. The van der Waals surface area contributed by atoms with E-state index in [9.17, 15) is 14.7 Å². The Labute approximate surface area is 175 Å². The molecule has 4 N–H and O–H groups in total. The summed E-state index contributed by atoms with van der Waals surface area (Å²) in [5, 5.41) is 24.7. The molecule has 0 unspecified atom stereocenters. The molecule has 0 spiro atoms. The van der Waals surface area contributed by atoms with Gasteiger partial charge in [-0.2, -0.15) is 0 Å². The molecule has 1 saturated heterocycles. The first-order chi connectivity index (χ1) is 14.5. The van der Waals surface area contributed by atoms with Crippen LogP contribution in [0.15, 0.2) is 30.3 Å². The lowest BCUT2D eigenvalue weighted by atomic mass is 9.82. The number of amides is 2. The summed E-state index contributed by atoms with van der Waals surface area (Å²) in [5.74, 6) is 1.40. The van der Waals surface area contributed by atoms with Gasteiger partial charge in [0.25, 0.3) is 5.91 Å². The van der Waals surface area contributed by atoms with Crippen molar-refractivity contribution in [2.24, 2.45) is 11.8 Å². The number of fused-ring (bicyclic) bond motifs is 1. The van der Waals surface area contributed by atoms with Gasteiger partial charge in [-0.05, 0) is 49.7 Å². The topological polar surface area (TPSA) is 115 Å². The Morgan fingerprint density at radius 2 is 1.67 bits per heavy atom. The number of nitrogens with zero attached hydrogens (tertiary/aromatic N) is 2. The van der Waals surface area contributed by atoms with E-state index in [-0.39, 0.29) is 12.0 Å². The highest BCUT2D eigenvalue weighted by Crippen LogP contribution is 2.29. The first-order valence-corrected chi connectivity index (χ1v) is 10.6. The van der Waals surface area contributed by atoms with Crippen molar-refractivity contribution in [3.05, 3.63) is 35.9 Å². The number of para-hydroxylation sites is 1. The van der Waals surface area contributed by atoms with E-state index in [1.165, 1.54) is 0 Å². The first-order valence-electron chi connectivity index (χ1n) is 10.6. The number of aliphatic hydroxyl groups excluding tert-OH is 1. The Morgan fingerprint density at radius 3 is 2.30 bits per heavy atom. The molecular weight excluding hydrogens is 384 g/mol. The van der Waals surface area contributed by atoms with Crippen molar-refractivity contribution in [2.75, 3.05) is 31.1 Å². The molecule has 2 amide bonds. The summed E-state index contributed by atoms with van der Waals surface area (Å²) < 4.78 is 0. The Kier molecular flexibility index (Phi) is 6.03. The molecule has 30 heavy (non-hydrogen) atoms. The van der Waals surface area contributed by atoms with E-state index in [0.717, 1.165) is 42.4 Å². The van der Waals surface area contributed by atoms with Crippen LogP contribution in [0.5, 0.6) is 0 Å². The van der Waals surface area contributed by atoms with Gasteiger partial charge in [0.05, 0.1) is 17.2 Å². The first kappa shape index (κ1) is 20.4. The molecule has 8 nitrogen and oxygen atoms in total. The number of carboxylic acid groups (broad SMARTS) is 1. The van der Waals surface area contributed by atoms with E-state index in [1.807, 2.05) is 35.2 Å². The van der Waals surface area contributed by atoms with Crippen molar-refractivity contribution in [1.82, 2.24) is 15.6 Å². The van der Waals surface area contributed by atoms with Crippen molar-refractivity contribution in [2.45, 2.75) is 31.8 Å². The van der Waals surface area contributed by atoms with Gasteiger partial charge >= 0.3 is 6.09 Å². The predicted molar refractivity (Wildman–Crippen MR) is 114 cm³/mol. The number of pyridine rings is 1. The maximum atomic E-state index is 13.0. The van der Waals surface area contributed by atoms with Gasteiger partial charge in [0, 0.05) is 31.6 Å². The maximum absolute atomic E-state index is 13.0. The lowest BCUT2D eigenvalue weighted by Crippen LogP contribution is -2.51. The number of hydrogen-bond donors (Lipinski definition) is 4. The van der Waals surface area contributed by atoms with Crippen molar-refractivity contribution in [3.8, 4) is 0 Å². The van der Waals surface area contributed by atoms with Gasteiger partial charge in [-0.3, -0.25) is 4.79 Å². The smallest absolute Gasteiger partial charge is 0.404 e. The van der Waals surface area contributed by atoms with Crippen LogP contribution in [-0.4, -0.2) is 59.5 Å². The summed E-state index contributed by atoms with van der Waals surface area (Å²) in [6.07, 6.45) is 2.61. The van der Waals surface area contributed by atoms with E-state index in [4.69, 9.17) is 5.11 Å². The number of aliphatic hydroxyl groups is 1. The fourth-order valence-electron chi connectivity index (χ4n) is 4.36. The van der Waals surface area contributed by atoms with Crippen molar-refractivity contribution >= 4 is 28.7 Å². The number of benzene rings is 1. The Bertz CT molecular complexity index is 920. The highest BCUT2D eigenvalue weighted by atomic mass is 16.4. The number of carbonyl (C=O) groups is 2. The number of hydrogen-bond acceptors (Lipinski definition) is 5. The second kappa shape index (κ2) is 8.87. The van der Waals surface area contributed by atoms with Crippen LogP contribution in [0.3, 0.4) is 0 Å². The fraction of sp³-hybridized carbons (Fsp3) is 0.500. The third kappa shape index (κ3) is 4.64. The number of anilines is 1. The Hall–Kier alpha value is -2.87. The van der Waals surface area contributed by atoms with Crippen LogP contribution >= 0.6 is 0 Å². The molecule has 0 radical (unpaired) electrons. The molecule has 2 aliphatic rings. The summed E-state index contributed by atoms with van der Waals surface area (Å²) in [7, 11) is 0. The quantitative estimate of drug-likeness (QED) is 0.578. The van der Waals surface area contributed by atoms with Crippen LogP contribution < -0.4 is 15.5 Å². The fourth-order valence-corrected chi connectivity index (χ4v) is 4.36. The standard InChI is InChI=1S/C22H28N4O4/c27-16-12-26(13-16)20-9-18(17-3-1-2-4-19(17)25-20)21(28)23-10-14-5-7-15(8-6-14)11-24-22(29)30/h1-4,9,14-16,24,27H,5-8,10-13H2,(H,23,28)(H,29,30)/t14-,15-. The average Bonchev–Trinajstić information content (AvgIpc) is 2.73. The van der Waals surface area contributed by atoms with Crippen LogP contribution in [0.1, 0.15) is 36.0 Å². The molecule has 1 aromatic heterocycles. The largest absolute Gasteiger partial charge is 0.465 e. The molecule has 2 aromatic rings. The lowest BCUT2D eigenvalue weighted by molar-refractivity contribution is 0.0942. The van der Waals surface area contributed by atoms with Gasteiger partial charge in [-0.25, -0.2) is 9.78 Å². The Morgan fingerprint density at radius 1 is 1.03 bits per heavy atom. The van der Waals surface area contributed by atoms with Crippen LogP contribution in [0.4, 0.5) is 10.6 Å². The minimum absolute atomic E-state index is 0.106. The third-order valence-electron chi connectivity index (χ3n) is 6.19. The van der Waals surface area contributed by atoms with Gasteiger partial charge in [0.2, 0.25) is 0 Å². The van der Waals surface area contributed by atoms with E-state index in [0.29, 0.717) is 43.6 Å². The molecule has 1 aliphatic carbocycles. The molecule has 2 heterocycles. The zero-order valence-electron chi connectivity index (χ0n) is 16.9. The molecule has 8 heteroatoms. The molecular formula is C22H28N4O4. The van der Waals surface area contributed by atoms with Crippen LogP contribution in [0, 0.1) is 11.8 Å². The van der Waals surface area contributed by atoms with Gasteiger partial charge in [0.15, 0.2) is 0 Å². The summed E-state index contributed by atoms with van der Waals surface area (Å²) in [5.41, 5.74) is 1.38. The second-order valence-electron chi connectivity index (χ2n) is 8.39. The third-order valence-corrected chi connectivity index (χ3v) is 6.19. The van der Waals surface area contributed by atoms with E-state index in [1.54, 1.807) is 0 Å². The Balaban J connectivity index is 1.38. The van der Waals surface area contributed by atoms with E-state index in [2.05, 4.69) is 15.6 Å². The van der Waals surface area contributed by atoms with Gasteiger partial charge in [-0.15, -0.1) is 0 Å². The van der Waals surface area contributed by atoms with Crippen LogP contribution in [0.25, 0.3) is 10.9 Å². The molecule has 0 atom stereocenters. The SMILES string of the molecule is O=C(O)NC[C@H]1CC[C@H](CNC(=O)c2cc(N3CC(O)C3)nc3ccccc23)CC1. The van der Waals surface area contributed by atoms with Crippen molar-refractivity contribution in [1.29, 1.82) is 0 Å². The van der Waals surface area contributed by atoms with Crippen molar-refractivity contribution < 1.29 is 19.8 Å². The molecule has 2 fully saturated rings. The number of nitrogens with one attached hydrogen (secondary N) is 2. The minimum Gasteiger partial charge on any atom is -0.465 e. The second-order valence-corrected chi connectivity index (χ2v) is 8.39. The maximum Gasteiger partial charge on any atom is 0.404 e. The minimum atomic E-state index is -0.971.